The summed E-state index contributed by atoms with van der Waals surface area (Å²) in [6.45, 7) is 0.321. The summed E-state index contributed by atoms with van der Waals surface area (Å²) >= 11 is 0. The van der Waals surface area contributed by atoms with E-state index >= 15 is 0 Å². The minimum Gasteiger partial charge on any atom is -0.496 e. The van der Waals surface area contributed by atoms with Crippen molar-refractivity contribution in [1.82, 2.24) is 10.3 Å². The first-order valence-corrected chi connectivity index (χ1v) is 6.20. The van der Waals surface area contributed by atoms with Crippen LogP contribution in [0.1, 0.15) is 26.3 Å². The Morgan fingerprint density at radius 2 is 2.14 bits per heavy atom. The minimum atomic E-state index is -1.14. The number of hydrogen-bond donors (Lipinski definition) is 2. The van der Waals surface area contributed by atoms with E-state index in [4.69, 9.17) is 9.84 Å². The van der Waals surface area contributed by atoms with E-state index in [0.717, 1.165) is 5.56 Å². The van der Waals surface area contributed by atoms with E-state index in [1.54, 1.807) is 18.5 Å². The van der Waals surface area contributed by atoms with Crippen molar-refractivity contribution in [2.24, 2.45) is 0 Å². The van der Waals surface area contributed by atoms with E-state index < -0.39 is 5.97 Å². The molecule has 0 spiro atoms. The number of rotatable bonds is 5. The van der Waals surface area contributed by atoms with Crippen LogP contribution in [-0.2, 0) is 6.54 Å². The molecule has 0 saturated carbocycles. The molecule has 0 aliphatic carbocycles. The Bertz CT molecular complexity index is 656. The van der Waals surface area contributed by atoms with Crippen LogP contribution in [-0.4, -0.2) is 29.1 Å². The molecule has 0 aliphatic rings. The van der Waals surface area contributed by atoms with E-state index in [9.17, 15) is 9.59 Å². The lowest BCUT2D eigenvalue weighted by Crippen LogP contribution is -2.23. The first-order chi connectivity index (χ1) is 10.1. The average Bonchev–Trinajstić information content (AvgIpc) is 2.52. The number of benzene rings is 1. The summed E-state index contributed by atoms with van der Waals surface area (Å²) < 4.78 is 4.95. The molecular formula is C15H14N2O4. The Balaban J connectivity index is 2.12. The van der Waals surface area contributed by atoms with Gasteiger partial charge in [-0.3, -0.25) is 9.78 Å². The number of carboxylic acids is 1. The highest BCUT2D eigenvalue weighted by Gasteiger charge is 2.14. The zero-order valence-electron chi connectivity index (χ0n) is 11.4. The molecule has 2 N–H and O–H groups in total. The highest BCUT2D eigenvalue weighted by Crippen LogP contribution is 2.19. The summed E-state index contributed by atoms with van der Waals surface area (Å²) in [4.78, 5) is 27.1. The van der Waals surface area contributed by atoms with E-state index in [1.165, 1.54) is 25.3 Å². The van der Waals surface area contributed by atoms with Gasteiger partial charge in [-0.2, -0.15) is 0 Å². The number of methoxy groups -OCH3 is 1. The van der Waals surface area contributed by atoms with Gasteiger partial charge in [-0.1, -0.05) is 6.07 Å². The number of amides is 1. The van der Waals surface area contributed by atoms with Gasteiger partial charge < -0.3 is 15.2 Å². The molecule has 2 rings (SSSR count). The van der Waals surface area contributed by atoms with Crippen molar-refractivity contribution in [3.05, 3.63) is 59.4 Å². The predicted octanol–water partition coefficient (Wildman–Crippen LogP) is 1.72. The average molecular weight is 286 g/mol. The molecule has 1 aromatic heterocycles. The standard InChI is InChI=1S/C15H14N2O4/c1-21-13-5-4-11(7-12(13)15(19)20)14(18)17-9-10-3-2-6-16-8-10/h2-8H,9H2,1H3,(H,17,18)(H,19,20). The van der Waals surface area contributed by atoms with Crippen LogP contribution in [0.4, 0.5) is 0 Å². The summed E-state index contributed by atoms with van der Waals surface area (Å²) in [6, 6.07) is 7.88. The van der Waals surface area contributed by atoms with Gasteiger partial charge in [-0.05, 0) is 29.8 Å². The number of aromatic nitrogens is 1. The zero-order valence-corrected chi connectivity index (χ0v) is 11.4. The van der Waals surface area contributed by atoms with Gasteiger partial charge in [0.1, 0.15) is 11.3 Å². The van der Waals surface area contributed by atoms with Crippen molar-refractivity contribution in [2.75, 3.05) is 7.11 Å². The Morgan fingerprint density at radius 3 is 2.76 bits per heavy atom. The lowest BCUT2D eigenvalue weighted by atomic mass is 10.1. The molecule has 0 fully saturated rings. The fourth-order valence-electron chi connectivity index (χ4n) is 1.80. The van der Waals surface area contributed by atoms with Crippen LogP contribution in [0.5, 0.6) is 5.75 Å². The molecule has 0 unspecified atom stereocenters. The predicted molar refractivity (Wildman–Crippen MR) is 75.4 cm³/mol. The molecule has 108 valence electrons. The first-order valence-electron chi connectivity index (χ1n) is 6.20. The minimum absolute atomic E-state index is 0.0495. The fourth-order valence-corrected chi connectivity index (χ4v) is 1.80. The molecular weight excluding hydrogens is 272 g/mol. The molecule has 0 radical (unpaired) electrons. The van der Waals surface area contributed by atoms with Crippen molar-refractivity contribution < 1.29 is 19.4 Å². The number of pyridine rings is 1. The van der Waals surface area contributed by atoms with Gasteiger partial charge >= 0.3 is 5.97 Å². The molecule has 0 bridgehead atoms. The lowest BCUT2D eigenvalue weighted by molar-refractivity contribution is 0.0693. The van der Waals surface area contributed by atoms with Crippen molar-refractivity contribution in [2.45, 2.75) is 6.54 Å². The third-order valence-electron chi connectivity index (χ3n) is 2.87. The second-order valence-corrected chi connectivity index (χ2v) is 4.26. The highest BCUT2D eigenvalue weighted by atomic mass is 16.5. The van der Waals surface area contributed by atoms with E-state index in [0.29, 0.717) is 6.54 Å². The second kappa shape index (κ2) is 6.51. The molecule has 2 aromatic rings. The van der Waals surface area contributed by atoms with Crippen LogP contribution >= 0.6 is 0 Å². The Hall–Kier alpha value is -2.89. The monoisotopic (exact) mass is 286 g/mol. The molecule has 1 heterocycles. The molecule has 21 heavy (non-hydrogen) atoms. The van der Waals surface area contributed by atoms with Gasteiger partial charge in [0.2, 0.25) is 0 Å². The van der Waals surface area contributed by atoms with Gasteiger partial charge in [-0.25, -0.2) is 4.79 Å². The Kier molecular flexibility index (Phi) is 4.50. The number of hydrogen-bond acceptors (Lipinski definition) is 4. The maximum atomic E-state index is 12.0. The number of nitrogens with zero attached hydrogens (tertiary/aromatic N) is 1. The maximum Gasteiger partial charge on any atom is 0.339 e. The second-order valence-electron chi connectivity index (χ2n) is 4.26. The summed E-state index contributed by atoms with van der Waals surface area (Å²) in [5, 5.41) is 11.8. The highest BCUT2D eigenvalue weighted by molar-refractivity contribution is 5.98. The van der Waals surface area contributed by atoms with E-state index in [1.807, 2.05) is 6.07 Å². The van der Waals surface area contributed by atoms with E-state index in [2.05, 4.69) is 10.3 Å². The van der Waals surface area contributed by atoms with Crippen LogP contribution in [0, 0.1) is 0 Å². The number of carbonyl (C=O) groups is 2. The summed E-state index contributed by atoms with van der Waals surface area (Å²) in [5.41, 5.74) is 1.07. The van der Waals surface area contributed by atoms with Crippen LogP contribution in [0.15, 0.2) is 42.7 Å². The smallest absolute Gasteiger partial charge is 0.339 e. The summed E-state index contributed by atoms with van der Waals surface area (Å²) in [5.74, 6) is -1.29. The van der Waals surface area contributed by atoms with Gasteiger partial charge in [0, 0.05) is 24.5 Å². The molecule has 6 heteroatoms. The third kappa shape index (κ3) is 3.56. The molecule has 0 atom stereocenters. The number of aromatic carboxylic acids is 1. The molecule has 6 nitrogen and oxygen atoms in total. The van der Waals surface area contributed by atoms with Gasteiger partial charge in [0.15, 0.2) is 0 Å². The number of carboxylic acid groups (broad SMARTS) is 1. The van der Waals surface area contributed by atoms with Crippen molar-refractivity contribution in [1.29, 1.82) is 0 Å². The van der Waals surface area contributed by atoms with Crippen LogP contribution < -0.4 is 10.1 Å². The zero-order chi connectivity index (χ0) is 15.2. The topological polar surface area (TPSA) is 88.5 Å². The number of carbonyl (C=O) groups excluding carboxylic acids is 1. The quantitative estimate of drug-likeness (QED) is 0.873. The van der Waals surface area contributed by atoms with Crippen molar-refractivity contribution in [3.63, 3.8) is 0 Å². The van der Waals surface area contributed by atoms with E-state index in [-0.39, 0.29) is 22.8 Å². The maximum absolute atomic E-state index is 12.0. The van der Waals surface area contributed by atoms with Crippen LogP contribution in [0.3, 0.4) is 0 Å². The fraction of sp³-hybridized carbons (Fsp3) is 0.133. The Morgan fingerprint density at radius 1 is 1.33 bits per heavy atom. The number of nitrogens with one attached hydrogen (secondary N) is 1. The molecule has 0 saturated heterocycles. The molecule has 1 amide bonds. The lowest BCUT2D eigenvalue weighted by Gasteiger charge is -2.08. The normalized spacial score (nSPS) is 9.95. The molecule has 1 aromatic carbocycles. The molecule has 0 aliphatic heterocycles. The largest absolute Gasteiger partial charge is 0.496 e. The first kappa shape index (κ1) is 14.5. The van der Waals surface area contributed by atoms with Gasteiger partial charge in [0.25, 0.3) is 5.91 Å². The van der Waals surface area contributed by atoms with Crippen molar-refractivity contribution >= 4 is 11.9 Å². The summed E-state index contributed by atoms with van der Waals surface area (Å²) in [6.07, 6.45) is 3.30. The SMILES string of the molecule is COc1ccc(C(=O)NCc2cccnc2)cc1C(=O)O. The number of ether oxygens (including phenoxy) is 1. The van der Waals surface area contributed by atoms with Crippen molar-refractivity contribution in [3.8, 4) is 5.75 Å². The third-order valence-corrected chi connectivity index (χ3v) is 2.87. The Labute approximate surface area is 121 Å². The van der Waals surface area contributed by atoms with Crippen LogP contribution in [0.2, 0.25) is 0 Å². The van der Waals surface area contributed by atoms with Gasteiger partial charge in [0.05, 0.1) is 7.11 Å². The van der Waals surface area contributed by atoms with Crippen LogP contribution in [0.25, 0.3) is 0 Å². The van der Waals surface area contributed by atoms with Gasteiger partial charge in [-0.15, -0.1) is 0 Å². The summed E-state index contributed by atoms with van der Waals surface area (Å²) in [7, 11) is 1.38.